The van der Waals surface area contributed by atoms with Crippen LogP contribution in [0.25, 0.3) is 0 Å². The summed E-state index contributed by atoms with van der Waals surface area (Å²) >= 11 is 0. The largest absolute Gasteiger partial charge is 0.465 e. The van der Waals surface area contributed by atoms with Gasteiger partial charge >= 0.3 is 5.97 Å². The molecule has 0 heterocycles. The lowest BCUT2D eigenvalue weighted by molar-refractivity contribution is -0.142. The second kappa shape index (κ2) is 6.02. The van der Waals surface area contributed by atoms with Crippen molar-refractivity contribution in [2.45, 2.75) is 12.8 Å². The third-order valence-electron chi connectivity index (χ3n) is 0.764. The number of nitrogens with zero attached hydrogens (tertiary/aromatic N) is 1. The van der Waals surface area contributed by atoms with E-state index in [-0.39, 0.29) is 19.4 Å². The van der Waals surface area contributed by atoms with Gasteiger partial charge in [0.2, 0.25) is 0 Å². The normalized spacial score (nSPS) is 8.40. The van der Waals surface area contributed by atoms with E-state index in [1.165, 1.54) is 0 Å². The summed E-state index contributed by atoms with van der Waals surface area (Å²) in [6.07, 6.45) is -0.0521. The number of nitriles is 1. The first-order chi connectivity index (χ1) is 4.81. The Morgan fingerprint density at radius 1 is 1.70 bits per heavy atom. The van der Waals surface area contributed by atoms with Gasteiger partial charge in [0.05, 0.1) is 19.4 Å². The van der Waals surface area contributed by atoms with Gasteiger partial charge in [-0.2, -0.15) is 5.26 Å². The summed E-state index contributed by atoms with van der Waals surface area (Å²) in [7, 11) is 0. The second-order valence-corrected chi connectivity index (χ2v) is 1.60. The average molecular weight is 145 g/mol. The summed E-state index contributed by atoms with van der Waals surface area (Å²) in [5.74, 6) is -0.587. The average Bonchev–Trinajstić information content (AvgIpc) is 1.89. The van der Waals surface area contributed by atoms with Crippen LogP contribution in [0.5, 0.6) is 0 Å². The van der Waals surface area contributed by atoms with Gasteiger partial charge in [-0.3, -0.25) is 9.18 Å². The van der Waals surface area contributed by atoms with Gasteiger partial charge in [0.15, 0.2) is 0 Å². The molecule has 0 saturated heterocycles. The van der Waals surface area contributed by atoms with E-state index in [2.05, 4.69) is 4.74 Å². The van der Waals surface area contributed by atoms with Gasteiger partial charge < -0.3 is 4.74 Å². The molecule has 0 amide bonds. The van der Waals surface area contributed by atoms with Gasteiger partial charge in [-0.25, -0.2) is 0 Å². The Morgan fingerprint density at radius 3 is 2.90 bits per heavy atom. The summed E-state index contributed by atoms with van der Waals surface area (Å²) in [4.78, 5) is 10.4. The molecule has 0 fully saturated rings. The molecule has 3 nitrogen and oxygen atoms in total. The fourth-order valence-electron chi connectivity index (χ4n) is 0.356. The first kappa shape index (κ1) is 8.89. The number of alkyl halides is 1. The topological polar surface area (TPSA) is 50.1 Å². The van der Waals surface area contributed by atoms with Gasteiger partial charge in [0.1, 0.15) is 6.42 Å². The monoisotopic (exact) mass is 145 g/mol. The van der Waals surface area contributed by atoms with Crippen LogP contribution in [0.15, 0.2) is 0 Å². The quantitative estimate of drug-likeness (QED) is 0.434. The highest BCUT2D eigenvalue weighted by atomic mass is 19.1. The van der Waals surface area contributed by atoms with Crippen LogP contribution in [0, 0.1) is 11.3 Å². The Kier molecular flexibility index (Phi) is 5.35. The van der Waals surface area contributed by atoms with Crippen molar-refractivity contribution in [1.82, 2.24) is 0 Å². The van der Waals surface area contributed by atoms with Crippen LogP contribution in [0.2, 0.25) is 0 Å². The molecule has 56 valence electrons. The first-order valence-corrected chi connectivity index (χ1v) is 2.89. The van der Waals surface area contributed by atoms with Crippen LogP contribution >= 0.6 is 0 Å². The van der Waals surface area contributed by atoms with Crippen molar-refractivity contribution in [2.24, 2.45) is 0 Å². The predicted molar refractivity (Wildman–Crippen MR) is 31.8 cm³/mol. The molecule has 0 rings (SSSR count). The number of halogens is 1. The van der Waals surface area contributed by atoms with Crippen LogP contribution in [-0.4, -0.2) is 19.3 Å². The maximum atomic E-state index is 11.4. The van der Waals surface area contributed by atoms with Crippen molar-refractivity contribution in [3.8, 4) is 6.07 Å². The number of carbonyl (C=O) groups is 1. The van der Waals surface area contributed by atoms with Crippen molar-refractivity contribution in [2.75, 3.05) is 13.3 Å². The Balaban J connectivity index is 3.15. The number of hydrogen-bond acceptors (Lipinski definition) is 3. The summed E-state index contributed by atoms with van der Waals surface area (Å²) in [6.45, 7) is -0.434. The van der Waals surface area contributed by atoms with Crippen molar-refractivity contribution in [3.63, 3.8) is 0 Å². The smallest absolute Gasteiger partial charge is 0.320 e. The molecule has 0 spiro atoms. The van der Waals surface area contributed by atoms with E-state index in [1.807, 2.05) is 0 Å². The molecular weight excluding hydrogens is 137 g/mol. The molecule has 0 atom stereocenters. The molecule has 0 aromatic heterocycles. The Hall–Kier alpha value is -1.11. The third-order valence-corrected chi connectivity index (χ3v) is 0.764. The number of rotatable bonds is 4. The van der Waals surface area contributed by atoms with Crippen molar-refractivity contribution >= 4 is 5.97 Å². The van der Waals surface area contributed by atoms with Crippen molar-refractivity contribution < 1.29 is 13.9 Å². The van der Waals surface area contributed by atoms with E-state index in [1.54, 1.807) is 6.07 Å². The minimum absolute atomic E-state index is 0.0665. The molecule has 0 aliphatic heterocycles. The van der Waals surface area contributed by atoms with Crippen LogP contribution in [0.4, 0.5) is 4.39 Å². The highest BCUT2D eigenvalue weighted by Crippen LogP contribution is 1.87. The highest BCUT2D eigenvalue weighted by Gasteiger charge is 1.98. The molecule has 0 aromatic rings. The summed E-state index contributed by atoms with van der Waals surface area (Å²) in [6, 6.07) is 1.63. The van der Waals surface area contributed by atoms with Gasteiger partial charge in [-0.1, -0.05) is 0 Å². The molecule has 10 heavy (non-hydrogen) atoms. The second-order valence-electron chi connectivity index (χ2n) is 1.60. The van der Waals surface area contributed by atoms with Crippen molar-refractivity contribution in [1.29, 1.82) is 5.26 Å². The predicted octanol–water partition coefficient (Wildman–Crippen LogP) is 0.803. The minimum Gasteiger partial charge on any atom is -0.465 e. The standard InChI is InChI=1S/C6H8FNO2/c7-3-1-5-10-6(9)2-4-8/h1-3,5H2. The highest BCUT2D eigenvalue weighted by molar-refractivity contribution is 5.71. The zero-order valence-corrected chi connectivity index (χ0v) is 5.47. The van der Waals surface area contributed by atoms with Gasteiger partial charge in [-0.05, 0) is 0 Å². The number of ether oxygens (including phenoxy) is 1. The molecule has 0 unspecified atom stereocenters. The summed E-state index contributed by atoms with van der Waals surface area (Å²) in [5, 5.41) is 7.97. The zero-order valence-electron chi connectivity index (χ0n) is 5.47. The lowest BCUT2D eigenvalue weighted by atomic mass is 10.5. The Morgan fingerprint density at radius 2 is 2.40 bits per heavy atom. The maximum absolute atomic E-state index is 11.4. The molecule has 0 bridgehead atoms. The first-order valence-electron chi connectivity index (χ1n) is 2.89. The molecule has 0 N–H and O–H groups in total. The molecule has 0 aliphatic rings. The Bertz CT molecular complexity index is 141. The maximum Gasteiger partial charge on any atom is 0.320 e. The van der Waals surface area contributed by atoms with Crippen LogP contribution in [0.1, 0.15) is 12.8 Å². The third kappa shape index (κ3) is 5.04. The SMILES string of the molecule is N#CCC(=O)OCCCF. The molecular formula is C6H8FNO2. The molecule has 0 aliphatic carbocycles. The van der Waals surface area contributed by atoms with Gasteiger partial charge in [-0.15, -0.1) is 0 Å². The zero-order chi connectivity index (χ0) is 7.82. The fraction of sp³-hybridized carbons (Fsp3) is 0.667. The van der Waals surface area contributed by atoms with E-state index in [0.29, 0.717) is 0 Å². The number of carbonyl (C=O) groups excluding carboxylic acids is 1. The number of hydrogen-bond donors (Lipinski definition) is 0. The molecule has 0 aromatic carbocycles. The molecule has 0 saturated carbocycles. The summed E-state index contributed by atoms with van der Waals surface area (Å²) in [5.41, 5.74) is 0. The van der Waals surface area contributed by atoms with Crippen LogP contribution in [-0.2, 0) is 9.53 Å². The van der Waals surface area contributed by atoms with E-state index < -0.39 is 12.6 Å². The molecule has 0 radical (unpaired) electrons. The lowest BCUT2D eigenvalue weighted by Crippen LogP contribution is -2.04. The lowest BCUT2D eigenvalue weighted by Gasteiger charge is -1.97. The van der Waals surface area contributed by atoms with Crippen molar-refractivity contribution in [3.05, 3.63) is 0 Å². The van der Waals surface area contributed by atoms with Crippen LogP contribution in [0.3, 0.4) is 0 Å². The van der Waals surface area contributed by atoms with E-state index >= 15 is 0 Å². The fourth-order valence-corrected chi connectivity index (χ4v) is 0.356. The van der Waals surface area contributed by atoms with E-state index in [4.69, 9.17) is 5.26 Å². The van der Waals surface area contributed by atoms with Gasteiger partial charge in [0, 0.05) is 6.42 Å². The minimum atomic E-state index is -0.587. The molecule has 4 heteroatoms. The van der Waals surface area contributed by atoms with E-state index in [9.17, 15) is 9.18 Å². The summed E-state index contributed by atoms with van der Waals surface area (Å²) < 4.78 is 15.8. The van der Waals surface area contributed by atoms with Gasteiger partial charge in [0.25, 0.3) is 0 Å². The van der Waals surface area contributed by atoms with Crippen LogP contribution < -0.4 is 0 Å². The number of esters is 1. The van der Waals surface area contributed by atoms with E-state index in [0.717, 1.165) is 0 Å². The Labute approximate surface area is 58.4 Å².